The Kier molecular flexibility index (Phi) is 3.32. The molecule has 2 atom stereocenters. The summed E-state index contributed by atoms with van der Waals surface area (Å²) in [4.78, 5) is 24.8. The van der Waals surface area contributed by atoms with Gasteiger partial charge in [-0.1, -0.05) is 0 Å². The maximum Gasteiger partial charge on any atom is 0.410 e. The average molecular weight is 253 g/mol. The molecule has 0 aromatic carbocycles. The molecule has 0 radical (unpaired) electrons. The van der Waals surface area contributed by atoms with Crippen molar-refractivity contribution in [3.05, 3.63) is 12.2 Å². The molecule has 0 N–H and O–H groups in total. The number of hydrogen-bond donors (Lipinski definition) is 0. The van der Waals surface area contributed by atoms with Crippen molar-refractivity contribution in [1.29, 1.82) is 0 Å². The van der Waals surface area contributed by atoms with Crippen LogP contribution in [0.25, 0.3) is 0 Å². The summed E-state index contributed by atoms with van der Waals surface area (Å²) in [6.07, 6.45) is 4.22. The van der Waals surface area contributed by atoms with Gasteiger partial charge in [-0.15, -0.1) is 0 Å². The monoisotopic (exact) mass is 253 g/mol. The molecule has 100 valence electrons. The fraction of sp³-hybridized carbons (Fsp3) is 0.692. The lowest BCUT2D eigenvalue weighted by molar-refractivity contribution is -0.140. The zero-order chi connectivity index (χ0) is 13.3. The summed E-state index contributed by atoms with van der Waals surface area (Å²) in [6.45, 7) is 6.17. The fourth-order valence-electron chi connectivity index (χ4n) is 2.27. The number of amides is 1. The van der Waals surface area contributed by atoms with Crippen LogP contribution in [0.5, 0.6) is 0 Å². The van der Waals surface area contributed by atoms with E-state index in [9.17, 15) is 9.59 Å². The molecule has 0 unspecified atom stereocenters. The number of hydrogen-bond acceptors (Lipinski definition) is 4. The topological polar surface area (TPSA) is 55.8 Å². The summed E-state index contributed by atoms with van der Waals surface area (Å²) in [5.74, 6) is -0.337. The predicted molar refractivity (Wildman–Crippen MR) is 65.0 cm³/mol. The zero-order valence-electron chi connectivity index (χ0n) is 11.0. The highest BCUT2D eigenvalue weighted by Crippen LogP contribution is 2.26. The largest absolute Gasteiger partial charge is 0.453 e. The maximum atomic E-state index is 12.0. The van der Waals surface area contributed by atoms with E-state index in [1.54, 1.807) is 11.0 Å². The molecule has 0 saturated carbocycles. The Hall–Kier alpha value is -1.52. The third-order valence-corrected chi connectivity index (χ3v) is 2.98. The predicted octanol–water partition coefficient (Wildman–Crippen LogP) is 1.87. The van der Waals surface area contributed by atoms with E-state index in [1.165, 1.54) is 6.08 Å². The third kappa shape index (κ3) is 2.83. The first-order chi connectivity index (χ1) is 8.37. The first-order valence-corrected chi connectivity index (χ1v) is 6.25. The number of nitrogens with zero attached hydrogens (tertiary/aromatic N) is 1. The van der Waals surface area contributed by atoms with Crippen LogP contribution < -0.4 is 0 Å². The van der Waals surface area contributed by atoms with Crippen LogP contribution in [0.2, 0.25) is 0 Å². The molecule has 0 spiro atoms. The summed E-state index contributed by atoms with van der Waals surface area (Å²) in [5, 5.41) is 0. The number of carbonyl (C=O) groups is 2. The summed E-state index contributed by atoms with van der Waals surface area (Å²) in [7, 11) is 0. The molecule has 18 heavy (non-hydrogen) atoms. The number of rotatable bonds is 1. The van der Waals surface area contributed by atoms with E-state index < -0.39 is 5.60 Å². The van der Waals surface area contributed by atoms with Crippen LogP contribution in [0.1, 0.15) is 33.6 Å². The molecule has 2 heterocycles. The molecule has 2 aliphatic rings. The Labute approximate surface area is 107 Å². The van der Waals surface area contributed by atoms with Gasteiger partial charge in [-0.2, -0.15) is 0 Å². The molecule has 5 nitrogen and oxygen atoms in total. The van der Waals surface area contributed by atoms with Crippen LogP contribution in [0, 0.1) is 0 Å². The van der Waals surface area contributed by atoms with Crippen molar-refractivity contribution >= 4 is 12.1 Å². The number of carbonyl (C=O) groups excluding carboxylic acids is 2. The Morgan fingerprint density at radius 2 is 2.22 bits per heavy atom. The summed E-state index contributed by atoms with van der Waals surface area (Å²) in [5.41, 5.74) is -0.508. The summed E-state index contributed by atoms with van der Waals surface area (Å²) in [6, 6.07) is -0.0949. The lowest BCUT2D eigenvalue weighted by Crippen LogP contribution is -2.44. The molecule has 0 bridgehead atoms. The van der Waals surface area contributed by atoms with Crippen LogP contribution in [-0.2, 0) is 14.3 Å². The minimum absolute atomic E-state index is 0.0949. The first-order valence-electron chi connectivity index (χ1n) is 6.25. The normalized spacial score (nSPS) is 27.5. The minimum Gasteiger partial charge on any atom is -0.453 e. The van der Waals surface area contributed by atoms with E-state index in [1.807, 2.05) is 20.8 Å². The van der Waals surface area contributed by atoms with Gasteiger partial charge in [0.1, 0.15) is 11.7 Å². The Morgan fingerprint density at radius 1 is 1.50 bits per heavy atom. The summed E-state index contributed by atoms with van der Waals surface area (Å²) >= 11 is 0. The van der Waals surface area contributed by atoms with Gasteiger partial charge in [0, 0.05) is 12.6 Å². The summed E-state index contributed by atoms with van der Waals surface area (Å²) < 4.78 is 10.5. The SMILES string of the molecule is CC(C)(C)OC(=O)N1CCC[C@@H]1[C@H]1C=CC(=O)O1. The Bertz CT molecular complexity index is 383. The molecule has 1 amide bonds. The molecule has 5 heteroatoms. The van der Waals surface area contributed by atoms with Crippen LogP contribution >= 0.6 is 0 Å². The van der Waals surface area contributed by atoms with Crippen molar-refractivity contribution in [2.24, 2.45) is 0 Å². The molecule has 2 rings (SSSR count). The van der Waals surface area contributed by atoms with E-state index in [0.29, 0.717) is 6.54 Å². The van der Waals surface area contributed by atoms with E-state index >= 15 is 0 Å². The highest BCUT2D eigenvalue weighted by molar-refractivity contribution is 5.84. The second-order valence-electron chi connectivity index (χ2n) is 5.64. The van der Waals surface area contributed by atoms with Crippen LogP contribution in [0.15, 0.2) is 12.2 Å². The van der Waals surface area contributed by atoms with Gasteiger partial charge in [-0.05, 0) is 39.7 Å². The van der Waals surface area contributed by atoms with E-state index in [0.717, 1.165) is 12.8 Å². The fourth-order valence-corrected chi connectivity index (χ4v) is 2.27. The molecule has 1 fully saturated rings. The van der Waals surface area contributed by atoms with Crippen LogP contribution in [-0.4, -0.2) is 41.3 Å². The number of ether oxygens (including phenoxy) is 2. The lowest BCUT2D eigenvalue weighted by atomic mass is 10.1. The van der Waals surface area contributed by atoms with Gasteiger partial charge in [-0.3, -0.25) is 0 Å². The van der Waals surface area contributed by atoms with Gasteiger partial charge >= 0.3 is 12.1 Å². The van der Waals surface area contributed by atoms with Crippen molar-refractivity contribution < 1.29 is 19.1 Å². The highest BCUT2D eigenvalue weighted by Gasteiger charge is 2.39. The van der Waals surface area contributed by atoms with Crippen LogP contribution in [0.4, 0.5) is 4.79 Å². The maximum absolute atomic E-state index is 12.0. The van der Waals surface area contributed by atoms with E-state index in [2.05, 4.69) is 0 Å². The molecule has 0 aliphatic carbocycles. The molecule has 0 aromatic heterocycles. The van der Waals surface area contributed by atoms with Crippen molar-refractivity contribution in [2.75, 3.05) is 6.54 Å². The van der Waals surface area contributed by atoms with Gasteiger partial charge in [0.25, 0.3) is 0 Å². The van der Waals surface area contributed by atoms with Gasteiger partial charge in [0.05, 0.1) is 6.04 Å². The average Bonchev–Trinajstić information content (AvgIpc) is 2.81. The molecular formula is C13H19NO4. The number of cyclic esters (lactones) is 1. The van der Waals surface area contributed by atoms with Gasteiger partial charge < -0.3 is 14.4 Å². The van der Waals surface area contributed by atoms with E-state index in [4.69, 9.17) is 9.47 Å². The Morgan fingerprint density at radius 3 is 2.78 bits per heavy atom. The standard InChI is InChI=1S/C13H19NO4/c1-13(2,3)18-12(16)14-8-4-5-9(14)10-6-7-11(15)17-10/h6-7,9-10H,4-5,8H2,1-3H3/t9-,10-/m1/s1. The second-order valence-corrected chi connectivity index (χ2v) is 5.64. The van der Waals surface area contributed by atoms with Crippen molar-refractivity contribution in [3.8, 4) is 0 Å². The van der Waals surface area contributed by atoms with Gasteiger partial charge in [-0.25, -0.2) is 9.59 Å². The van der Waals surface area contributed by atoms with Crippen molar-refractivity contribution in [1.82, 2.24) is 4.90 Å². The van der Waals surface area contributed by atoms with Crippen molar-refractivity contribution in [2.45, 2.75) is 51.4 Å². The number of esters is 1. The van der Waals surface area contributed by atoms with E-state index in [-0.39, 0.29) is 24.2 Å². The zero-order valence-corrected chi connectivity index (χ0v) is 11.0. The van der Waals surface area contributed by atoms with Crippen molar-refractivity contribution in [3.63, 3.8) is 0 Å². The van der Waals surface area contributed by atoms with Crippen LogP contribution in [0.3, 0.4) is 0 Å². The Balaban J connectivity index is 2.01. The first kappa shape index (κ1) is 12.9. The molecule has 0 aromatic rings. The molecular weight excluding hydrogens is 234 g/mol. The number of likely N-dealkylation sites (tertiary alicyclic amines) is 1. The van der Waals surface area contributed by atoms with Gasteiger partial charge in [0.2, 0.25) is 0 Å². The minimum atomic E-state index is -0.508. The quantitative estimate of drug-likeness (QED) is 0.669. The smallest absolute Gasteiger partial charge is 0.410 e. The molecule has 1 saturated heterocycles. The third-order valence-electron chi connectivity index (χ3n) is 2.98. The lowest BCUT2D eigenvalue weighted by Gasteiger charge is -2.30. The molecule has 2 aliphatic heterocycles. The highest BCUT2D eigenvalue weighted by atomic mass is 16.6. The van der Waals surface area contributed by atoms with Gasteiger partial charge in [0.15, 0.2) is 0 Å². The second kappa shape index (κ2) is 4.63.